The van der Waals surface area contributed by atoms with Gasteiger partial charge in [-0.25, -0.2) is 22.9 Å². The van der Waals surface area contributed by atoms with Crippen LogP contribution in [-0.2, 0) is 16.4 Å². The predicted octanol–water partition coefficient (Wildman–Crippen LogP) is 4.69. The maximum absolute atomic E-state index is 13.6. The van der Waals surface area contributed by atoms with E-state index in [1.165, 1.54) is 24.3 Å². The van der Waals surface area contributed by atoms with E-state index in [0.717, 1.165) is 16.7 Å². The van der Waals surface area contributed by atoms with Crippen molar-refractivity contribution in [2.45, 2.75) is 18.2 Å². The molecular weight excluding hydrogens is 403 g/mol. The molecule has 0 saturated carbocycles. The van der Waals surface area contributed by atoms with E-state index >= 15 is 0 Å². The van der Waals surface area contributed by atoms with Gasteiger partial charge >= 0.3 is 0 Å². The Morgan fingerprint density at radius 2 is 1.70 bits per heavy atom. The number of aromatic nitrogens is 1. The van der Waals surface area contributed by atoms with Crippen molar-refractivity contribution in [3.63, 3.8) is 0 Å². The van der Waals surface area contributed by atoms with E-state index in [2.05, 4.69) is 4.98 Å². The average Bonchev–Trinajstić information content (AvgIpc) is 3.11. The minimum absolute atomic E-state index is 0.00906. The summed E-state index contributed by atoms with van der Waals surface area (Å²) in [5.41, 5.74) is 3.72. The smallest absolute Gasteiger partial charge is 0.238 e. The Bertz CT molecular complexity index is 1300. The summed E-state index contributed by atoms with van der Waals surface area (Å²) in [6, 6.07) is 20.3. The molecule has 4 aromatic rings. The van der Waals surface area contributed by atoms with E-state index in [1.807, 2.05) is 30.3 Å². The molecule has 30 heavy (non-hydrogen) atoms. The van der Waals surface area contributed by atoms with E-state index in [-0.39, 0.29) is 10.7 Å². The predicted molar refractivity (Wildman–Crippen MR) is 113 cm³/mol. The molecule has 0 unspecified atom stereocenters. The highest BCUT2D eigenvalue weighted by Gasteiger charge is 2.19. The zero-order valence-electron chi connectivity index (χ0n) is 16.2. The summed E-state index contributed by atoms with van der Waals surface area (Å²) in [6.45, 7) is 1.80. The summed E-state index contributed by atoms with van der Waals surface area (Å²) in [5.74, 6) is 0.658. The van der Waals surface area contributed by atoms with Gasteiger partial charge in [-0.3, -0.25) is 0 Å². The molecule has 1 heterocycles. The number of halogens is 1. The van der Waals surface area contributed by atoms with Crippen molar-refractivity contribution in [2.75, 3.05) is 0 Å². The van der Waals surface area contributed by atoms with E-state index < -0.39 is 10.0 Å². The Labute approximate surface area is 174 Å². The van der Waals surface area contributed by atoms with Gasteiger partial charge in [-0.15, -0.1) is 0 Å². The van der Waals surface area contributed by atoms with Gasteiger partial charge in [0.2, 0.25) is 10.0 Å². The van der Waals surface area contributed by atoms with Crippen LogP contribution in [0.15, 0.2) is 82.1 Å². The SMILES string of the molecule is Cc1cc(F)ccc1-c1nc(Cc2ccccc2)oc1-c1ccc(S(N)(=O)=O)cc1. The van der Waals surface area contributed by atoms with Crippen LogP contribution in [0.25, 0.3) is 22.6 Å². The van der Waals surface area contributed by atoms with E-state index in [9.17, 15) is 12.8 Å². The van der Waals surface area contributed by atoms with Crippen molar-refractivity contribution in [1.29, 1.82) is 0 Å². The Morgan fingerprint density at radius 1 is 1.00 bits per heavy atom. The van der Waals surface area contributed by atoms with E-state index in [0.29, 0.717) is 29.3 Å². The third-order valence-electron chi connectivity index (χ3n) is 4.76. The van der Waals surface area contributed by atoms with Crippen molar-refractivity contribution in [3.8, 4) is 22.6 Å². The molecule has 1 aromatic heterocycles. The number of sulfonamides is 1. The fourth-order valence-electron chi connectivity index (χ4n) is 3.28. The first kappa shape index (κ1) is 20.0. The van der Waals surface area contributed by atoms with Crippen molar-refractivity contribution < 1.29 is 17.2 Å². The largest absolute Gasteiger partial charge is 0.440 e. The second kappa shape index (κ2) is 7.85. The molecule has 2 N–H and O–H groups in total. The highest BCUT2D eigenvalue weighted by atomic mass is 32.2. The van der Waals surface area contributed by atoms with Gasteiger partial charge in [-0.1, -0.05) is 30.3 Å². The summed E-state index contributed by atoms with van der Waals surface area (Å²) in [5, 5.41) is 5.19. The van der Waals surface area contributed by atoms with Gasteiger partial charge in [0.1, 0.15) is 11.5 Å². The lowest BCUT2D eigenvalue weighted by atomic mass is 10.0. The number of nitrogens with zero attached hydrogens (tertiary/aromatic N) is 1. The quantitative estimate of drug-likeness (QED) is 0.505. The summed E-state index contributed by atoms with van der Waals surface area (Å²) in [7, 11) is -3.80. The molecule has 0 spiro atoms. The molecule has 0 bridgehead atoms. The molecule has 5 nitrogen and oxygen atoms in total. The van der Waals surface area contributed by atoms with Crippen LogP contribution in [0.2, 0.25) is 0 Å². The minimum atomic E-state index is -3.80. The summed E-state index contributed by atoms with van der Waals surface area (Å²) in [4.78, 5) is 4.69. The maximum atomic E-state index is 13.6. The highest BCUT2D eigenvalue weighted by Crippen LogP contribution is 2.35. The number of primary sulfonamides is 1. The molecule has 152 valence electrons. The van der Waals surface area contributed by atoms with Crippen LogP contribution in [0.3, 0.4) is 0 Å². The number of oxazole rings is 1. The molecule has 0 atom stereocenters. The van der Waals surface area contributed by atoms with Gasteiger partial charge in [0.05, 0.1) is 4.90 Å². The standard InChI is InChI=1S/C23H19FN2O3S/c1-15-13-18(24)9-12-20(15)22-23(17-7-10-19(11-8-17)30(25,27)28)29-21(26-22)14-16-5-3-2-4-6-16/h2-13H,14H2,1H3,(H2,25,27,28). The van der Waals surface area contributed by atoms with Gasteiger partial charge in [-0.2, -0.15) is 0 Å². The second-order valence-corrected chi connectivity index (χ2v) is 8.54. The molecule has 0 aliphatic heterocycles. The first-order valence-corrected chi connectivity index (χ1v) is 10.8. The van der Waals surface area contributed by atoms with Gasteiger partial charge in [0.15, 0.2) is 11.7 Å². The maximum Gasteiger partial charge on any atom is 0.238 e. The molecule has 0 aliphatic carbocycles. The number of aryl methyl sites for hydroxylation is 1. The van der Waals surface area contributed by atoms with Gasteiger partial charge in [0, 0.05) is 17.5 Å². The number of hydrogen-bond donors (Lipinski definition) is 1. The van der Waals surface area contributed by atoms with Gasteiger partial charge in [0.25, 0.3) is 0 Å². The molecule has 0 radical (unpaired) electrons. The fraction of sp³-hybridized carbons (Fsp3) is 0.0870. The molecule has 3 aromatic carbocycles. The lowest BCUT2D eigenvalue weighted by Gasteiger charge is -2.06. The molecule has 0 amide bonds. The first-order valence-electron chi connectivity index (χ1n) is 9.24. The second-order valence-electron chi connectivity index (χ2n) is 6.98. The molecule has 0 aliphatic rings. The lowest BCUT2D eigenvalue weighted by Crippen LogP contribution is -2.11. The monoisotopic (exact) mass is 422 g/mol. The average molecular weight is 422 g/mol. The summed E-state index contributed by atoms with van der Waals surface area (Å²) < 4.78 is 42.8. The topological polar surface area (TPSA) is 86.2 Å². The van der Waals surface area contributed by atoms with Crippen LogP contribution in [0.5, 0.6) is 0 Å². The lowest BCUT2D eigenvalue weighted by molar-refractivity contribution is 0.519. The molecule has 4 rings (SSSR count). The zero-order valence-corrected chi connectivity index (χ0v) is 17.0. The van der Waals surface area contributed by atoms with Crippen LogP contribution in [0.4, 0.5) is 4.39 Å². The fourth-order valence-corrected chi connectivity index (χ4v) is 3.79. The van der Waals surface area contributed by atoms with Crippen molar-refractivity contribution in [1.82, 2.24) is 4.98 Å². The Morgan fingerprint density at radius 3 is 2.33 bits per heavy atom. The van der Waals surface area contributed by atoms with Crippen molar-refractivity contribution >= 4 is 10.0 Å². The van der Waals surface area contributed by atoms with Crippen LogP contribution >= 0.6 is 0 Å². The first-order chi connectivity index (χ1) is 14.3. The third-order valence-corrected chi connectivity index (χ3v) is 5.69. The zero-order chi connectivity index (χ0) is 21.3. The summed E-state index contributed by atoms with van der Waals surface area (Å²) in [6.07, 6.45) is 0.489. The Hall–Kier alpha value is -3.29. The van der Waals surface area contributed by atoms with E-state index in [1.54, 1.807) is 25.1 Å². The Balaban J connectivity index is 1.83. The van der Waals surface area contributed by atoms with Crippen molar-refractivity contribution in [3.05, 3.63) is 95.6 Å². The molecular formula is C23H19FN2O3S. The van der Waals surface area contributed by atoms with Crippen molar-refractivity contribution in [2.24, 2.45) is 5.14 Å². The summed E-state index contributed by atoms with van der Waals surface area (Å²) >= 11 is 0. The number of nitrogens with two attached hydrogens (primary N) is 1. The van der Waals surface area contributed by atoms with Gasteiger partial charge < -0.3 is 4.42 Å². The highest BCUT2D eigenvalue weighted by molar-refractivity contribution is 7.89. The number of hydrogen-bond acceptors (Lipinski definition) is 4. The van der Waals surface area contributed by atoms with Gasteiger partial charge in [-0.05, 0) is 60.5 Å². The Kier molecular flexibility index (Phi) is 5.24. The van der Waals surface area contributed by atoms with Crippen LogP contribution in [-0.4, -0.2) is 13.4 Å². The minimum Gasteiger partial charge on any atom is -0.440 e. The molecule has 7 heteroatoms. The normalized spacial score (nSPS) is 11.6. The van der Waals surface area contributed by atoms with Crippen LogP contribution in [0, 0.1) is 12.7 Å². The number of rotatable bonds is 5. The molecule has 0 fully saturated rings. The third kappa shape index (κ3) is 4.17. The number of benzene rings is 3. The van der Waals surface area contributed by atoms with Crippen LogP contribution in [0.1, 0.15) is 17.0 Å². The molecule has 0 saturated heterocycles. The van der Waals surface area contributed by atoms with E-state index in [4.69, 9.17) is 9.56 Å². The van der Waals surface area contributed by atoms with Crippen LogP contribution < -0.4 is 5.14 Å².